The smallest absolute Gasteiger partial charge is 0.150 e. The number of thiocarbonyl (C=S) groups is 1. The molecule has 4 rings (SSSR count). The summed E-state index contributed by atoms with van der Waals surface area (Å²) in [4.78, 5) is 3.63. The van der Waals surface area contributed by atoms with Gasteiger partial charge in [-0.2, -0.15) is 4.99 Å². The lowest BCUT2D eigenvalue weighted by molar-refractivity contribution is 0.500. The molecule has 0 radical (unpaired) electrons. The Morgan fingerprint density at radius 3 is 2.34 bits per heavy atom. The van der Waals surface area contributed by atoms with Crippen LogP contribution in [0.4, 0.5) is 18.9 Å². The maximum absolute atomic E-state index is 15.2. The second kappa shape index (κ2) is 9.53. The van der Waals surface area contributed by atoms with Gasteiger partial charge in [0.15, 0.2) is 5.82 Å². The van der Waals surface area contributed by atoms with E-state index in [2.05, 4.69) is 41.1 Å². The van der Waals surface area contributed by atoms with E-state index in [1.807, 2.05) is 0 Å². The van der Waals surface area contributed by atoms with E-state index in [1.165, 1.54) is 18.2 Å². The van der Waals surface area contributed by atoms with Crippen molar-refractivity contribution in [1.82, 2.24) is 0 Å². The fourth-order valence-electron chi connectivity index (χ4n) is 4.25. The quantitative estimate of drug-likeness (QED) is 0.230. The first-order chi connectivity index (χ1) is 15.5. The summed E-state index contributed by atoms with van der Waals surface area (Å²) in [6.45, 7) is 2.11. The molecule has 1 unspecified atom stereocenters. The molecule has 1 aliphatic rings. The van der Waals surface area contributed by atoms with Gasteiger partial charge in [0.2, 0.25) is 0 Å². The number of fused-ring (bicyclic) bond motifs is 1. The van der Waals surface area contributed by atoms with Gasteiger partial charge in [0, 0.05) is 11.1 Å². The summed E-state index contributed by atoms with van der Waals surface area (Å²) in [5, 5.41) is 2.13. The Kier molecular flexibility index (Phi) is 6.55. The molecule has 5 heteroatoms. The molecule has 0 aromatic heterocycles. The molecule has 0 spiro atoms. The van der Waals surface area contributed by atoms with Crippen LogP contribution in [0.2, 0.25) is 0 Å². The van der Waals surface area contributed by atoms with Crippen molar-refractivity contribution in [2.24, 2.45) is 10.9 Å². The fraction of sp³-hybridized carbons (Fsp3) is 0.222. The number of isothiocyanates is 1. The Bertz CT molecular complexity index is 1280. The minimum absolute atomic E-state index is 0.0113. The standard InChI is InChI=1S/C27H20F3NS/c1-2-3-19-12-21-15-24(29)26(27(30)22(21)13-19)20-9-6-17(7-10-20)4-5-18-8-11-25(31-16-32)23(28)14-18/h6-11,14-15,19H,2-3,12-13H2,1H3. The molecular formula is C27H20F3NS. The first-order valence-electron chi connectivity index (χ1n) is 10.5. The Hall–Kier alpha value is -3.19. The van der Waals surface area contributed by atoms with Crippen molar-refractivity contribution < 1.29 is 13.2 Å². The third-order valence-electron chi connectivity index (χ3n) is 5.75. The monoisotopic (exact) mass is 447 g/mol. The lowest BCUT2D eigenvalue weighted by Gasteiger charge is -2.10. The van der Waals surface area contributed by atoms with E-state index < -0.39 is 17.5 Å². The highest BCUT2D eigenvalue weighted by atomic mass is 32.1. The van der Waals surface area contributed by atoms with Gasteiger partial charge in [-0.3, -0.25) is 0 Å². The van der Waals surface area contributed by atoms with E-state index in [0.717, 1.165) is 24.8 Å². The number of halogens is 3. The molecule has 0 heterocycles. The van der Waals surface area contributed by atoms with Crippen molar-refractivity contribution in [3.8, 4) is 23.0 Å². The minimum Gasteiger partial charge on any atom is -0.206 e. The van der Waals surface area contributed by atoms with Crippen LogP contribution in [0.5, 0.6) is 0 Å². The second-order valence-corrected chi connectivity index (χ2v) is 8.13. The van der Waals surface area contributed by atoms with E-state index >= 15 is 4.39 Å². The van der Waals surface area contributed by atoms with E-state index in [0.29, 0.717) is 34.6 Å². The molecule has 3 aromatic carbocycles. The fourth-order valence-corrected chi connectivity index (χ4v) is 4.35. The van der Waals surface area contributed by atoms with Crippen molar-refractivity contribution in [2.75, 3.05) is 0 Å². The predicted molar refractivity (Wildman–Crippen MR) is 125 cm³/mol. The van der Waals surface area contributed by atoms with Gasteiger partial charge in [-0.25, -0.2) is 13.2 Å². The van der Waals surface area contributed by atoms with Crippen molar-refractivity contribution in [3.05, 3.63) is 88.2 Å². The number of aliphatic imine (C=N–C) groups is 1. The maximum Gasteiger partial charge on any atom is 0.150 e. The molecule has 160 valence electrons. The Labute approximate surface area is 191 Å². The van der Waals surface area contributed by atoms with Crippen LogP contribution < -0.4 is 0 Å². The summed E-state index contributed by atoms with van der Waals surface area (Å²) >= 11 is 4.48. The summed E-state index contributed by atoms with van der Waals surface area (Å²) in [5.74, 6) is 4.68. The SMILES string of the molecule is CCCC1Cc2cc(F)c(-c3ccc(C#Cc4ccc(N=C=S)c(F)c4)cc3)c(F)c2C1. The van der Waals surface area contributed by atoms with Gasteiger partial charge >= 0.3 is 0 Å². The normalized spacial score (nSPS) is 14.3. The Morgan fingerprint density at radius 2 is 1.66 bits per heavy atom. The summed E-state index contributed by atoms with van der Waals surface area (Å²) in [6, 6.07) is 12.6. The lowest BCUT2D eigenvalue weighted by Crippen LogP contribution is -1.99. The van der Waals surface area contributed by atoms with Crippen LogP contribution in [0.25, 0.3) is 11.1 Å². The van der Waals surface area contributed by atoms with Crippen LogP contribution in [-0.2, 0) is 12.8 Å². The van der Waals surface area contributed by atoms with Gasteiger partial charge in [-0.1, -0.05) is 43.7 Å². The maximum atomic E-state index is 15.2. The molecule has 1 aliphatic carbocycles. The van der Waals surface area contributed by atoms with E-state index in [9.17, 15) is 8.78 Å². The van der Waals surface area contributed by atoms with Gasteiger partial charge in [-0.15, -0.1) is 0 Å². The highest BCUT2D eigenvalue weighted by molar-refractivity contribution is 7.78. The Balaban J connectivity index is 1.58. The van der Waals surface area contributed by atoms with Crippen LogP contribution in [0.1, 0.15) is 42.0 Å². The number of hydrogen-bond donors (Lipinski definition) is 0. The molecule has 0 N–H and O–H groups in total. The van der Waals surface area contributed by atoms with E-state index in [4.69, 9.17) is 0 Å². The summed E-state index contributed by atoms with van der Waals surface area (Å²) < 4.78 is 43.9. The minimum atomic E-state index is -0.535. The van der Waals surface area contributed by atoms with Gasteiger partial charge < -0.3 is 0 Å². The molecule has 1 atom stereocenters. The molecular weight excluding hydrogens is 427 g/mol. The predicted octanol–water partition coefficient (Wildman–Crippen LogP) is 7.42. The Morgan fingerprint density at radius 1 is 0.938 bits per heavy atom. The highest BCUT2D eigenvalue weighted by Gasteiger charge is 2.28. The van der Waals surface area contributed by atoms with Crippen LogP contribution in [-0.4, -0.2) is 5.16 Å². The second-order valence-electron chi connectivity index (χ2n) is 7.94. The van der Waals surface area contributed by atoms with Gasteiger partial charge in [0.05, 0.1) is 10.7 Å². The van der Waals surface area contributed by atoms with Crippen molar-refractivity contribution in [2.45, 2.75) is 32.6 Å². The van der Waals surface area contributed by atoms with Crippen LogP contribution >= 0.6 is 12.2 Å². The molecule has 0 saturated heterocycles. The summed E-state index contributed by atoms with van der Waals surface area (Å²) in [5.41, 5.74) is 3.16. The largest absolute Gasteiger partial charge is 0.206 e. The molecule has 0 bridgehead atoms. The van der Waals surface area contributed by atoms with Gasteiger partial charge in [0.1, 0.15) is 17.3 Å². The molecule has 0 aliphatic heterocycles. The molecule has 0 saturated carbocycles. The highest BCUT2D eigenvalue weighted by Crippen LogP contribution is 2.37. The van der Waals surface area contributed by atoms with Crippen LogP contribution in [0.3, 0.4) is 0 Å². The first-order valence-corrected chi connectivity index (χ1v) is 10.9. The average Bonchev–Trinajstić information content (AvgIpc) is 3.18. The molecule has 0 amide bonds. The van der Waals surface area contributed by atoms with E-state index in [1.54, 1.807) is 30.3 Å². The number of benzene rings is 3. The average molecular weight is 448 g/mol. The first kappa shape index (κ1) is 22.0. The summed E-state index contributed by atoms with van der Waals surface area (Å²) in [6.07, 6.45) is 3.46. The third kappa shape index (κ3) is 4.53. The zero-order valence-electron chi connectivity index (χ0n) is 17.5. The van der Waals surface area contributed by atoms with Crippen LogP contribution in [0.15, 0.2) is 53.5 Å². The number of rotatable bonds is 4. The topological polar surface area (TPSA) is 12.4 Å². The van der Waals surface area contributed by atoms with Gasteiger partial charge in [-0.05, 0) is 84.1 Å². The molecule has 1 nitrogen and oxygen atoms in total. The van der Waals surface area contributed by atoms with Gasteiger partial charge in [0.25, 0.3) is 0 Å². The van der Waals surface area contributed by atoms with E-state index in [-0.39, 0.29) is 11.3 Å². The summed E-state index contributed by atoms with van der Waals surface area (Å²) in [7, 11) is 0. The third-order valence-corrected chi connectivity index (χ3v) is 5.84. The molecule has 3 aromatic rings. The zero-order valence-corrected chi connectivity index (χ0v) is 18.3. The van der Waals surface area contributed by atoms with Crippen LogP contribution in [0, 0.1) is 35.2 Å². The van der Waals surface area contributed by atoms with Crippen molar-refractivity contribution in [1.29, 1.82) is 0 Å². The molecule has 0 fully saturated rings. The molecule has 32 heavy (non-hydrogen) atoms. The van der Waals surface area contributed by atoms with Crippen molar-refractivity contribution in [3.63, 3.8) is 0 Å². The number of hydrogen-bond acceptors (Lipinski definition) is 2. The zero-order chi connectivity index (χ0) is 22.7. The number of nitrogens with zero attached hydrogens (tertiary/aromatic N) is 1. The van der Waals surface area contributed by atoms with Crippen molar-refractivity contribution >= 4 is 23.1 Å². The lowest BCUT2D eigenvalue weighted by atomic mass is 9.97.